The van der Waals surface area contributed by atoms with Crippen LogP contribution in [0.4, 0.5) is 5.69 Å². The van der Waals surface area contributed by atoms with Crippen molar-refractivity contribution in [3.8, 4) is 0 Å². The van der Waals surface area contributed by atoms with Gasteiger partial charge in [-0.1, -0.05) is 30.3 Å². The third-order valence-electron chi connectivity index (χ3n) is 4.37. The van der Waals surface area contributed by atoms with Crippen LogP contribution in [0.15, 0.2) is 95.0 Å². The third kappa shape index (κ3) is 5.64. The first-order valence-electron chi connectivity index (χ1n) is 9.67. The summed E-state index contributed by atoms with van der Waals surface area (Å²) in [7, 11) is -3.97. The first-order chi connectivity index (χ1) is 15.4. The number of benzene rings is 2. The summed E-state index contributed by atoms with van der Waals surface area (Å²) in [5.74, 6) is -0.768. The summed E-state index contributed by atoms with van der Waals surface area (Å²) < 4.78 is 37.7. The number of furan rings is 1. The SMILES string of the molecule is C=CCN(c1ccccc1)S(=O)(=O)c1cccc(C(=O)OCC(=O)NCc2ccco2)c1. The Morgan fingerprint density at radius 3 is 2.53 bits per heavy atom. The number of anilines is 1. The van der Waals surface area contributed by atoms with E-state index in [1.807, 2.05) is 0 Å². The first kappa shape index (κ1) is 22.8. The van der Waals surface area contributed by atoms with Crippen LogP contribution in [0.1, 0.15) is 16.1 Å². The highest BCUT2D eigenvalue weighted by molar-refractivity contribution is 7.92. The second kappa shape index (κ2) is 10.5. The number of carbonyl (C=O) groups is 2. The molecule has 0 saturated heterocycles. The molecule has 0 radical (unpaired) electrons. The summed E-state index contributed by atoms with van der Waals surface area (Å²) in [6.07, 6.45) is 2.96. The number of nitrogens with one attached hydrogen (secondary N) is 1. The standard InChI is InChI=1S/C23H22N2O6S/c1-2-13-25(19-9-4-3-5-10-19)32(28,29)21-12-6-8-18(15-21)23(27)31-17-22(26)24-16-20-11-7-14-30-20/h2-12,14-15H,1,13,16-17H2,(H,24,26). The average molecular weight is 455 g/mol. The van der Waals surface area contributed by atoms with Gasteiger partial charge < -0.3 is 14.5 Å². The molecule has 8 nitrogen and oxygen atoms in total. The minimum atomic E-state index is -3.97. The molecule has 0 aliphatic heterocycles. The number of carbonyl (C=O) groups excluding carboxylic acids is 2. The molecule has 0 spiro atoms. The number of rotatable bonds is 10. The minimum absolute atomic E-state index is 0.0107. The lowest BCUT2D eigenvalue weighted by Gasteiger charge is -2.23. The number of para-hydroxylation sites is 1. The van der Waals surface area contributed by atoms with Crippen molar-refractivity contribution in [2.45, 2.75) is 11.4 Å². The topological polar surface area (TPSA) is 106 Å². The zero-order valence-corrected chi connectivity index (χ0v) is 18.0. The molecule has 0 aliphatic carbocycles. The van der Waals surface area contributed by atoms with Gasteiger partial charge in [0, 0.05) is 0 Å². The number of sulfonamides is 1. The molecule has 32 heavy (non-hydrogen) atoms. The number of ether oxygens (including phenoxy) is 1. The molecule has 1 aromatic heterocycles. The van der Waals surface area contributed by atoms with Crippen LogP contribution in [0.25, 0.3) is 0 Å². The Bertz CT molecular complexity index is 1170. The molecule has 0 atom stereocenters. The van der Waals surface area contributed by atoms with Crippen LogP contribution in [-0.2, 0) is 26.1 Å². The maximum Gasteiger partial charge on any atom is 0.338 e. The van der Waals surface area contributed by atoms with Crippen LogP contribution in [0, 0.1) is 0 Å². The summed E-state index contributed by atoms with van der Waals surface area (Å²) in [4.78, 5) is 24.2. The first-order valence-corrected chi connectivity index (χ1v) is 11.1. The number of hydrogen-bond acceptors (Lipinski definition) is 6. The van der Waals surface area contributed by atoms with Crippen molar-refractivity contribution < 1.29 is 27.2 Å². The van der Waals surface area contributed by atoms with Crippen LogP contribution in [0.3, 0.4) is 0 Å². The van der Waals surface area contributed by atoms with Gasteiger partial charge in [0.05, 0.1) is 35.5 Å². The van der Waals surface area contributed by atoms with Gasteiger partial charge >= 0.3 is 5.97 Å². The van der Waals surface area contributed by atoms with E-state index in [9.17, 15) is 18.0 Å². The molecule has 1 heterocycles. The molecular formula is C23H22N2O6S. The lowest BCUT2D eigenvalue weighted by molar-refractivity contribution is -0.124. The maximum atomic E-state index is 13.2. The van der Waals surface area contributed by atoms with Crippen molar-refractivity contribution in [1.29, 1.82) is 0 Å². The third-order valence-corrected chi connectivity index (χ3v) is 6.16. The van der Waals surface area contributed by atoms with E-state index in [-0.39, 0.29) is 23.5 Å². The van der Waals surface area contributed by atoms with Gasteiger partial charge in [0.1, 0.15) is 5.76 Å². The zero-order valence-electron chi connectivity index (χ0n) is 17.1. The van der Waals surface area contributed by atoms with Gasteiger partial charge in [0.2, 0.25) is 0 Å². The molecule has 166 valence electrons. The van der Waals surface area contributed by atoms with Gasteiger partial charge in [-0.05, 0) is 42.5 Å². The molecule has 0 unspecified atom stereocenters. The van der Waals surface area contributed by atoms with E-state index >= 15 is 0 Å². The number of amides is 1. The highest BCUT2D eigenvalue weighted by atomic mass is 32.2. The fourth-order valence-electron chi connectivity index (χ4n) is 2.83. The Labute approximate surface area is 186 Å². The predicted molar refractivity (Wildman–Crippen MR) is 118 cm³/mol. The van der Waals surface area contributed by atoms with Gasteiger partial charge in [-0.25, -0.2) is 13.2 Å². The quantitative estimate of drug-likeness (QED) is 0.373. The van der Waals surface area contributed by atoms with Crippen LogP contribution < -0.4 is 9.62 Å². The van der Waals surface area contributed by atoms with Crippen molar-refractivity contribution in [1.82, 2.24) is 5.32 Å². The number of esters is 1. The van der Waals surface area contributed by atoms with E-state index in [1.165, 1.54) is 40.9 Å². The summed E-state index contributed by atoms with van der Waals surface area (Å²) in [6.45, 7) is 3.33. The number of hydrogen-bond donors (Lipinski definition) is 1. The van der Waals surface area contributed by atoms with Gasteiger partial charge in [0.25, 0.3) is 15.9 Å². The second-order valence-corrected chi connectivity index (χ2v) is 8.48. The van der Waals surface area contributed by atoms with E-state index in [0.717, 1.165) is 0 Å². The predicted octanol–water partition coefficient (Wildman–Crippen LogP) is 3.13. The maximum absolute atomic E-state index is 13.2. The van der Waals surface area contributed by atoms with E-state index in [1.54, 1.807) is 42.5 Å². The van der Waals surface area contributed by atoms with E-state index < -0.39 is 28.5 Å². The minimum Gasteiger partial charge on any atom is -0.467 e. The lowest BCUT2D eigenvalue weighted by atomic mass is 10.2. The Hall–Kier alpha value is -3.85. The molecule has 1 N–H and O–H groups in total. The zero-order chi connectivity index (χ0) is 23.0. The van der Waals surface area contributed by atoms with Crippen LogP contribution in [0.5, 0.6) is 0 Å². The fourth-order valence-corrected chi connectivity index (χ4v) is 4.31. The Kier molecular flexibility index (Phi) is 7.45. The normalized spacial score (nSPS) is 10.9. The van der Waals surface area contributed by atoms with E-state index in [0.29, 0.717) is 11.4 Å². The molecule has 0 fully saturated rings. The van der Waals surface area contributed by atoms with Crippen LogP contribution in [-0.4, -0.2) is 33.4 Å². The van der Waals surface area contributed by atoms with Crippen molar-refractivity contribution >= 4 is 27.6 Å². The van der Waals surface area contributed by atoms with Crippen molar-refractivity contribution in [2.24, 2.45) is 0 Å². The summed E-state index contributed by atoms with van der Waals surface area (Å²) in [5.41, 5.74) is 0.477. The molecule has 2 aromatic carbocycles. The Balaban J connectivity index is 1.69. The fraction of sp³-hybridized carbons (Fsp3) is 0.130. The van der Waals surface area contributed by atoms with Crippen LogP contribution in [0.2, 0.25) is 0 Å². The van der Waals surface area contributed by atoms with Crippen LogP contribution >= 0.6 is 0 Å². The highest BCUT2D eigenvalue weighted by Gasteiger charge is 2.25. The average Bonchev–Trinajstić information content (AvgIpc) is 3.34. The molecule has 0 saturated carbocycles. The van der Waals surface area contributed by atoms with Gasteiger partial charge in [-0.3, -0.25) is 9.10 Å². The molecule has 1 amide bonds. The van der Waals surface area contributed by atoms with Crippen molar-refractivity contribution in [3.05, 3.63) is 97.0 Å². The van der Waals surface area contributed by atoms with Gasteiger partial charge in [-0.15, -0.1) is 6.58 Å². The lowest BCUT2D eigenvalue weighted by Crippen LogP contribution is -2.31. The second-order valence-electron chi connectivity index (χ2n) is 6.62. The Morgan fingerprint density at radius 1 is 1.06 bits per heavy atom. The monoisotopic (exact) mass is 454 g/mol. The molecule has 3 aromatic rings. The molecule has 3 rings (SSSR count). The van der Waals surface area contributed by atoms with Gasteiger partial charge in [0.15, 0.2) is 6.61 Å². The molecule has 9 heteroatoms. The van der Waals surface area contributed by atoms with Crippen molar-refractivity contribution in [3.63, 3.8) is 0 Å². The molecule has 0 aliphatic rings. The van der Waals surface area contributed by atoms with E-state index in [2.05, 4.69) is 11.9 Å². The Morgan fingerprint density at radius 2 is 1.84 bits per heavy atom. The van der Waals surface area contributed by atoms with E-state index in [4.69, 9.17) is 9.15 Å². The largest absolute Gasteiger partial charge is 0.467 e. The molecular weight excluding hydrogens is 432 g/mol. The van der Waals surface area contributed by atoms with Gasteiger partial charge in [-0.2, -0.15) is 0 Å². The van der Waals surface area contributed by atoms with Crippen molar-refractivity contribution in [2.75, 3.05) is 17.5 Å². The number of nitrogens with zero attached hydrogens (tertiary/aromatic N) is 1. The highest BCUT2D eigenvalue weighted by Crippen LogP contribution is 2.24. The summed E-state index contributed by atoms with van der Waals surface area (Å²) in [5, 5.41) is 2.55. The smallest absolute Gasteiger partial charge is 0.338 e. The molecule has 0 bridgehead atoms. The summed E-state index contributed by atoms with van der Waals surface area (Å²) >= 11 is 0. The summed E-state index contributed by atoms with van der Waals surface area (Å²) in [6, 6.07) is 17.4.